The van der Waals surface area contributed by atoms with Gasteiger partial charge in [-0.15, -0.1) is 0 Å². The third kappa shape index (κ3) is 5.25. The molecule has 9 heteroatoms. The number of carbonyl (C=O) groups is 2. The summed E-state index contributed by atoms with van der Waals surface area (Å²) in [5, 5.41) is 2.73. The van der Waals surface area contributed by atoms with Gasteiger partial charge in [-0.05, 0) is 55.5 Å². The molecule has 0 aliphatic rings. The highest BCUT2D eigenvalue weighted by molar-refractivity contribution is 7.92. The van der Waals surface area contributed by atoms with E-state index in [1.165, 1.54) is 43.5 Å². The highest BCUT2D eigenvalue weighted by Crippen LogP contribution is 2.26. The Morgan fingerprint density at radius 3 is 2.16 bits per heavy atom. The number of amides is 1. The second kappa shape index (κ2) is 9.97. The quantitative estimate of drug-likeness (QED) is 0.499. The number of anilines is 2. The fourth-order valence-corrected chi connectivity index (χ4v) is 3.98. The first kappa shape index (κ1) is 22.8. The molecule has 0 fully saturated rings. The molecule has 0 saturated carbocycles. The van der Waals surface area contributed by atoms with Crippen LogP contribution in [0.25, 0.3) is 0 Å². The number of methoxy groups -OCH3 is 1. The lowest BCUT2D eigenvalue weighted by atomic mass is 10.1. The van der Waals surface area contributed by atoms with Crippen molar-refractivity contribution in [3.05, 3.63) is 83.9 Å². The molecule has 0 aliphatic carbocycles. The van der Waals surface area contributed by atoms with E-state index in [1.54, 1.807) is 43.3 Å². The molecule has 0 saturated heterocycles. The molecule has 8 nitrogen and oxygen atoms in total. The van der Waals surface area contributed by atoms with Crippen molar-refractivity contribution in [1.29, 1.82) is 0 Å². The number of ether oxygens (including phenoxy) is 2. The van der Waals surface area contributed by atoms with Crippen molar-refractivity contribution in [1.82, 2.24) is 0 Å². The van der Waals surface area contributed by atoms with Gasteiger partial charge in [-0.25, -0.2) is 13.2 Å². The fraction of sp³-hybridized carbons (Fsp3) is 0.130. The Bertz CT molecular complexity index is 1220. The van der Waals surface area contributed by atoms with Crippen molar-refractivity contribution in [3.63, 3.8) is 0 Å². The molecular formula is C23H22N2O6S. The van der Waals surface area contributed by atoms with Gasteiger partial charge < -0.3 is 14.8 Å². The standard InChI is InChI=1S/C23H22N2O6S/c1-3-31-23(27)16-12-14-17(15-13-16)32(28,29)25-19-9-5-4-8-18(19)22(26)24-20-10-6-7-11-21(20)30-2/h4-15,25H,3H2,1-2H3,(H,24,26). The molecule has 3 aromatic carbocycles. The van der Waals surface area contributed by atoms with Gasteiger partial charge in [0.25, 0.3) is 15.9 Å². The van der Waals surface area contributed by atoms with Crippen molar-refractivity contribution < 1.29 is 27.5 Å². The molecule has 0 aromatic heterocycles. The molecular weight excluding hydrogens is 432 g/mol. The van der Waals surface area contributed by atoms with Crippen molar-refractivity contribution in [3.8, 4) is 5.75 Å². The highest BCUT2D eigenvalue weighted by atomic mass is 32.2. The lowest BCUT2D eigenvalue weighted by Gasteiger charge is -2.14. The Balaban J connectivity index is 1.83. The van der Waals surface area contributed by atoms with Gasteiger partial charge in [-0.2, -0.15) is 0 Å². The first-order chi connectivity index (χ1) is 15.4. The van der Waals surface area contributed by atoms with Gasteiger partial charge in [0.15, 0.2) is 0 Å². The number of nitrogens with one attached hydrogen (secondary N) is 2. The summed E-state index contributed by atoms with van der Waals surface area (Å²) in [6.45, 7) is 1.90. The van der Waals surface area contributed by atoms with Crippen LogP contribution in [0.3, 0.4) is 0 Å². The molecule has 3 aromatic rings. The molecule has 0 aliphatic heterocycles. The summed E-state index contributed by atoms with van der Waals surface area (Å²) in [6.07, 6.45) is 0. The van der Waals surface area contributed by atoms with Crippen LogP contribution < -0.4 is 14.8 Å². The third-order valence-electron chi connectivity index (χ3n) is 4.45. The van der Waals surface area contributed by atoms with E-state index in [0.29, 0.717) is 11.4 Å². The highest BCUT2D eigenvalue weighted by Gasteiger charge is 2.20. The second-order valence-electron chi connectivity index (χ2n) is 6.55. The van der Waals surface area contributed by atoms with Crippen LogP contribution in [0.2, 0.25) is 0 Å². The summed E-state index contributed by atoms with van der Waals surface area (Å²) >= 11 is 0. The van der Waals surface area contributed by atoms with E-state index >= 15 is 0 Å². The van der Waals surface area contributed by atoms with E-state index in [1.807, 2.05) is 0 Å². The molecule has 166 valence electrons. The first-order valence-corrected chi connectivity index (χ1v) is 11.2. The predicted octanol–water partition coefficient (Wildman–Crippen LogP) is 3.93. The van der Waals surface area contributed by atoms with E-state index in [2.05, 4.69) is 10.0 Å². The first-order valence-electron chi connectivity index (χ1n) is 9.69. The van der Waals surface area contributed by atoms with Crippen molar-refractivity contribution in [2.75, 3.05) is 23.8 Å². The average molecular weight is 455 g/mol. The maximum Gasteiger partial charge on any atom is 0.338 e. The van der Waals surface area contributed by atoms with Gasteiger partial charge in [0, 0.05) is 0 Å². The molecule has 1 amide bonds. The van der Waals surface area contributed by atoms with E-state index in [0.717, 1.165) is 0 Å². The molecule has 0 bridgehead atoms. The van der Waals surface area contributed by atoms with Crippen LogP contribution in [-0.2, 0) is 14.8 Å². The van der Waals surface area contributed by atoms with Gasteiger partial charge in [0.1, 0.15) is 5.75 Å². The number of para-hydroxylation sites is 3. The molecule has 0 radical (unpaired) electrons. The maximum absolute atomic E-state index is 12.9. The Kier molecular flexibility index (Phi) is 7.11. The van der Waals surface area contributed by atoms with Gasteiger partial charge >= 0.3 is 5.97 Å². The third-order valence-corrected chi connectivity index (χ3v) is 5.83. The predicted molar refractivity (Wildman–Crippen MR) is 121 cm³/mol. The second-order valence-corrected chi connectivity index (χ2v) is 8.23. The largest absolute Gasteiger partial charge is 0.495 e. The minimum absolute atomic E-state index is 0.0644. The molecule has 2 N–H and O–H groups in total. The van der Waals surface area contributed by atoms with Crippen LogP contribution in [0, 0.1) is 0 Å². The van der Waals surface area contributed by atoms with Crippen LogP contribution >= 0.6 is 0 Å². The van der Waals surface area contributed by atoms with Gasteiger partial charge in [-0.1, -0.05) is 24.3 Å². The number of benzene rings is 3. The van der Waals surface area contributed by atoms with Crippen LogP contribution in [0.15, 0.2) is 77.7 Å². The summed E-state index contributed by atoms with van der Waals surface area (Å²) in [5.41, 5.74) is 0.925. The number of esters is 1. The smallest absolute Gasteiger partial charge is 0.338 e. The van der Waals surface area contributed by atoms with Crippen LogP contribution in [0.4, 0.5) is 11.4 Å². The zero-order valence-corrected chi connectivity index (χ0v) is 18.3. The molecule has 0 atom stereocenters. The number of carbonyl (C=O) groups excluding carboxylic acids is 2. The Labute approximate surface area is 186 Å². The number of sulfonamides is 1. The number of hydrogen-bond donors (Lipinski definition) is 2. The Morgan fingerprint density at radius 2 is 1.50 bits per heavy atom. The van der Waals surface area contributed by atoms with E-state index in [-0.39, 0.29) is 28.3 Å². The van der Waals surface area contributed by atoms with E-state index in [4.69, 9.17) is 9.47 Å². The molecule has 32 heavy (non-hydrogen) atoms. The lowest BCUT2D eigenvalue weighted by molar-refractivity contribution is 0.0526. The lowest BCUT2D eigenvalue weighted by Crippen LogP contribution is -2.19. The maximum atomic E-state index is 12.9. The summed E-state index contributed by atoms with van der Waals surface area (Å²) in [6, 6.07) is 18.5. The molecule has 3 rings (SSSR count). The minimum atomic E-state index is -4.02. The zero-order chi connectivity index (χ0) is 23.1. The SMILES string of the molecule is CCOC(=O)c1ccc(S(=O)(=O)Nc2ccccc2C(=O)Nc2ccccc2OC)cc1. The average Bonchev–Trinajstić information content (AvgIpc) is 2.79. The van der Waals surface area contributed by atoms with E-state index < -0.39 is 21.9 Å². The van der Waals surface area contributed by atoms with Crippen molar-refractivity contribution in [2.45, 2.75) is 11.8 Å². The molecule has 0 spiro atoms. The van der Waals surface area contributed by atoms with Crippen LogP contribution in [-0.4, -0.2) is 34.0 Å². The van der Waals surface area contributed by atoms with Crippen molar-refractivity contribution in [2.24, 2.45) is 0 Å². The van der Waals surface area contributed by atoms with E-state index in [9.17, 15) is 18.0 Å². The van der Waals surface area contributed by atoms with Gasteiger partial charge in [0.05, 0.1) is 41.1 Å². The molecule has 0 unspecified atom stereocenters. The van der Waals surface area contributed by atoms with Crippen molar-refractivity contribution >= 4 is 33.3 Å². The Hall–Kier alpha value is -3.85. The number of hydrogen-bond acceptors (Lipinski definition) is 6. The van der Waals surface area contributed by atoms with Crippen LogP contribution in [0.5, 0.6) is 5.75 Å². The Morgan fingerprint density at radius 1 is 0.875 bits per heavy atom. The van der Waals surface area contributed by atoms with Crippen LogP contribution in [0.1, 0.15) is 27.6 Å². The number of rotatable bonds is 8. The summed E-state index contributed by atoms with van der Waals surface area (Å²) in [5.74, 6) is -0.575. The monoisotopic (exact) mass is 454 g/mol. The summed E-state index contributed by atoms with van der Waals surface area (Å²) < 4.78 is 38.3. The van der Waals surface area contributed by atoms with Gasteiger partial charge in [0.2, 0.25) is 0 Å². The zero-order valence-electron chi connectivity index (χ0n) is 17.5. The topological polar surface area (TPSA) is 111 Å². The normalized spacial score (nSPS) is 10.8. The summed E-state index contributed by atoms with van der Waals surface area (Å²) in [7, 11) is -2.53. The minimum Gasteiger partial charge on any atom is -0.495 e. The van der Waals surface area contributed by atoms with Gasteiger partial charge in [-0.3, -0.25) is 9.52 Å². The summed E-state index contributed by atoms with van der Waals surface area (Å²) in [4.78, 5) is 24.6. The molecule has 0 heterocycles. The fourth-order valence-electron chi connectivity index (χ4n) is 2.90.